The molecule has 64 heavy (non-hydrogen) atoms. The SMILES string of the molecule is C=C(C)C(=O)OCCOCCOCCOCCOCCOCCOCCOCCOCCOCCOCCOCCOCCNc1cccc2c1C(=O)N(C1CCC(=O)NC1=O)C2=O. The first-order valence-electron chi connectivity index (χ1n) is 21.6. The number of anilines is 1. The Balaban J connectivity index is 0.958. The Morgan fingerprint density at radius 1 is 0.578 bits per heavy atom. The molecule has 1 atom stereocenters. The van der Waals surface area contributed by atoms with Crippen LogP contribution in [0.5, 0.6) is 0 Å². The summed E-state index contributed by atoms with van der Waals surface area (Å²) in [5, 5.41) is 5.33. The molecule has 0 bridgehead atoms. The summed E-state index contributed by atoms with van der Waals surface area (Å²) in [5.41, 5.74) is 1.25. The van der Waals surface area contributed by atoms with Gasteiger partial charge in [0.1, 0.15) is 12.6 Å². The lowest BCUT2D eigenvalue weighted by atomic mass is 10.0. The number of amides is 4. The average Bonchev–Trinajstić information content (AvgIpc) is 3.54. The number of rotatable bonds is 42. The van der Waals surface area contributed by atoms with Crippen molar-refractivity contribution in [1.82, 2.24) is 10.2 Å². The molecule has 1 unspecified atom stereocenters. The second kappa shape index (κ2) is 35.3. The summed E-state index contributed by atoms with van der Waals surface area (Å²) in [4.78, 5) is 62.1. The van der Waals surface area contributed by atoms with E-state index in [0.29, 0.717) is 176 Å². The van der Waals surface area contributed by atoms with Gasteiger partial charge >= 0.3 is 5.97 Å². The van der Waals surface area contributed by atoms with Gasteiger partial charge in [0.2, 0.25) is 11.8 Å². The molecule has 4 amide bonds. The summed E-state index contributed by atoms with van der Waals surface area (Å²) in [6.07, 6.45) is 0.159. The molecule has 2 aliphatic rings. The van der Waals surface area contributed by atoms with Gasteiger partial charge in [-0.2, -0.15) is 0 Å². The van der Waals surface area contributed by atoms with E-state index in [2.05, 4.69) is 17.2 Å². The van der Waals surface area contributed by atoms with Crippen molar-refractivity contribution in [3.05, 3.63) is 41.5 Å². The van der Waals surface area contributed by atoms with Crippen molar-refractivity contribution >= 4 is 35.3 Å². The molecule has 3 rings (SSSR count). The molecule has 0 spiro atoms. The zero-order valence-electron chi connectivity index (χ0n) is 37.1. The molecule has 21 heteroatoms. The lowest BCUT2D eigenvalue weighted by molar-refractivity contribution is -0.140. The highest BCUT2D eigenvalue weighted by Gasteiger charge is 2.45. The van der Waals surface area contributed by atoms with E-state index in [1.54, 1.807) is 25.1 Å². The van der Waals surface area contributed by atoms with Gasteiger partial charge in [0, 0.05) is 24.2 Å². The predicted octanol–water partition coefficient (Wildman–Crippen LogP) is 0.818. The van der Waals surface area contributed by atoms with Crippen molar-refractivity contribution in [2.45, 2.75) is 25.8 Å². The van der Waals surface area contributed by atoms with Crippen LogP contribution in [0.4, 0.5) is 5.69 Å². The minimum absolute atomic E-state index is 0.0609. The third-order valence-electron chi connectivity index (χ3n) is 8.93. The van der Waals surface area contributed by atoms with Gasteiger partial charge in [-0.3, -0.25) is 29.4 Å². The largest absolute Gasteiger partial charge is 0.460 e. The first-order chi connectivity index (χ1) is 31.3. The number of esters is 1. The van der Waals surface area contributed by atoms with Gasteiger partial charge in [0.15, 0.2) is 0 Å². The van der Waals surface area contributed by atoms with Gasteiger partial charge in [-0.15, -0.1) is 0 Å². The van der Waals surface area contributed by atoms with Gasteiger partial charge in [-0.05, 0) is 25.5 Å². The third kappa shape index (κ3) is 23.3. The quantitative estimate of drug-likeness (QED) is 0.0400. The molecule has 2 aliphatic heterocycles. The van der Waals surface area contributed by atoms with Gasteiger partial charge in [-0.25, -0.2) is 4.79 Å². The average molecular weight is 914 g/mol. The van der Waals surface area contributed by atoms with E-state index < -0.39 is 35.6 Å². The Bertz CT molecular complexity index is 1520. The zero-order chi connectivity index (χ0) is 45.9. The highest BCUT2D eigenvalue weighted by molar-refractivity contribution is 6.25. The topological polar surface area (TPSA) is 233 Å². The molecule has 2 N–H and O–H groups in total. The molecule has 1 aromatic rings. The first kappa shape index (κ1) is 54.4. The Hall–Kier alpha value is -3.97. The van der Waals surface area contributed by atoms with E-state index >= 15 is 0 Å². The van der Waals surface area contributed by atoms with E-state index in [4.69, 9.17) is 61.6 Å². The maximum absolute atomic E-state index is 13.2. The second-order valence-electron chi connectivity index (χ2n) is 13.9. The van der Waals surface area contributed by atoms with Crippen LogP contribution in [0.3, 0.4) is 0 Å². The highest BCUT2D eigenvalue weighted by Crippen LogP contribution is 2.32. The molecular weight excluding hydrogens is 846 g/mol. The number of nitrogens with zero attached hydrogens (tertiary/aromatic N) is 1. The molecular formula is C43H67N3O18. The number of hydrogen-bond donors (Lipinski definition) is 2. The monoisotopic (exact) mass is 913 g/mol. The second-order valence-corrected chi connectivity index (χ2v) is 13.9. The van der Waals surface area contributed by atoms with Crippen LogP contribution in [0.2, 0.25) is 0 Å². The van der Waals surface area contributed by atoms with Crippen molar-refractivity contribution in [1.29, 1.82) is 0 Å². The maximum Gasteiger partial charge on any atom is 0.333 e. The number of fused-ring (bicyclic) bond motifs is 1. The summed E-state index contributed by atoms with van der Waals surface area (Å²) in [6.45, 7) is 16.0. The third-order valence-corrected chi connectivity index (χ3v) is 8.93. The smallest absolute Gasteiger partial charge is 0.333 e. The summed E-state index contributed by atoms with van der Waals surface area (Å²) >= 11 is 0. The molecule has 0 aliphatic carbocycles. The molecule has 0 radical (unpaired) electrons. The first-order valence-corrected chi connectivity index (χ1v) is 21.6. The number of benzene rings is 1. The lowest BCUT2D eigenvalue weighted by Gasteiger charge is -2.27. The van der Waals surface area contributed by atoms with Crippen LogP contribution in [-0.2, 0) is 76.0 Å². The number of carbonyl (C=O) groups excluding carboxylic acids is 5. The Labute approximate surface area is 374 Å². The molecule has 1 fully saturated rings. The molecule has 21 nitrogen and oxygen atoms in total. The summed E-state index contributed by atoms with van der Waals surface area (Å²) in [5.74, 6) is -2.61. The summed E-state index contributed by atoms with van der Waals surface area (Å²) in [7, 11) is 0. The van der Waals surface area contributed by atoms with Crippen molar-refractivity contribution < 1.29 is 85.6 Å². The Morgan fingerprint density at radius 3 is 1.33 bits per heavy atom. The number of ether oxygens (including phenoxy) is 13. The van der Waals surface area contributed by atoms with Crippen LogP contribution >= 0.6 is 0 Å². The molecule has 2 heterocycles. The van der Waals surface area contributed by atoms with Crippen LogP contribution < -0.4 is 10.6 Å². The normalized spacial score (nSPS) is 14.9. The van der Waals surface area contributed by atoms with Gasteiger partial charge < -0.3 is 66.9 Å². The van der Waals surface area contributed by atoms with E-state index in [1.165, 1.54) is 0 Å². The van der Waals surface area contributed by atoms with E-state index in [0.717, 1.165) is 4.90 Å². The number of carbonyl (C=O) groups is 5. The summed E-state index contributed by atoms with van der Waals surface area (Å²) in [6, 6.07) is 3.89. The van der Waals surface area contributed by atoms with Crippen LogP contribution in [0.1, 0.15) is 40.5 Å². The van der Waals surface area contributed by atoms with Crippen molar-refractivity contribution in [2.24, 2.45) is 0 Å². The Kier molecular flexibility index (Phi) is 30.0. The number of imide groups is 2. The predicted molar refractivity (Wildman–Crippen MR) is 227 cm³/mol. The molecule has 1 aromatic carbocycles. The van der Waals surface area contributed by atoms with Crippen LogP contribution in [0.15, 0.2) is 30.4 Å². The fourth-order valence-electron chi connectivity index (χ4n) is 5.76. The molecule has 0 aromatic heterocycles. The minimum atomic E-state index is -1.02. The van der Waals surface area contributed by atoms with Crippen molar-refractivity contribution in [3.8, 4) is 0 Å². The summed E-state index contributed by atoms with van der Waals surface area (Å²) < 4.78 is 70.6. The van der Waals surface area contributed by atoms with Gasteiger partial charge in [0.25, 0.3) is 11.8 Å². The number of hydrogen-bond acceptors (Lipinski definition) is 19. The van der Waals surface area contributed by atoms with Gasteiger partial charge in [0.05, 0.1) is 170 Å². The standard InChI is InChI=1S/C43H67N3O18/c1-34(2)43(51)64-33-32-63-31-30-62-29-28-61-27-26-60-25-24-59-23-22-58-21-20-57-19-18-56-17-16-55-15-14-54-13-12-53-11-10-52-9-8-44-36-5-3-4-35-39(36)42(50)46(41(35)49)37-6-7-38(47)45-40(37)48/h3-5,37,44H,1,6-33H2,2H3,(H,45,47,48). The van der Waals surface area contributed by atoms with Crippen LogP contribution in [0, 0.1) is 0 Å². The van der Waals surface area contributed by atoms with Crippen LogP contribution in [0.25, 0.3) is 0 Å². The fraction of sp³-hybridized carbons (Fsp3) is 0.698. The molecule has 0 saturated carbocycles. The number of nitrogens with one attached hydrogen (secondary N) is 2. The molecule has 362 valence electrons. The van der Waals surface area contributed by atoms with E-state index in [9.17, 15) is 24.0 Å². The van der Waals surface area contributed by atoms with Crippen LogP contribution in [-0.4, -0.2) is 212 Å². The zero-order valence-corrected chi connectivity index (χ0v) is 37.1. The van der Waals surface area contributed by atoms with E-state index in [-0.39, 0.29) is 30.6 Å². The molecule has 1 saturated heterocycles. The van der Waals surface area contributed by atoms with Crippen molar-refractivity contribution in [2.75, 3.05) is 177 Å². The van der Waals surface area contributed by atoms with Crippen molar-refractivity contribution in [3.63, 3.8) is 0 Å². The van der Waals surface area contributed by atoms with Gasteiger partial charge in [-0.1, -0.05) is 12.6 Å². The maximum atomic E-state index is 13.2. The fourth-order valence-corrected chi connectivity index (χ4v) is 5.76. The lowest BCUT2D eigenvalue weighted by Crippen LogP contribution is -2.54. The Morgan fingerprint density at radius 2 is 0.953 bits per heavy atom. The number of piperidine rings is 1. The highest BCUT2D eigenvalue weighted by atomic mass is 16.6. The minimum Gasteiger partial charge on any atom is -0.460 e. The van der Waals surface area contributed by atoms with E-state index in [1.807, 2.05) is 0 Å².